The summed E-state index contributed by atoms with van der Waals surface area (Å²) in [5.74, 6) is 0.574. The molecule has 5 heteroatoms. The van der Waals surface area contributed by atoms with Gasteiger partial charge in [-0.15, -0.1) is 0 Å². The quantitative estimate of drug-likeness (QED) is 0.827. The van der Waals surface area contributed by atoms with Crippen molar-refractivity contribution in [1.29, 1.82) is 0 Å². The molecule has 0 aromatic carbocycles. The molecule has 2 nitrogen and oxygen atoms in total. The fourth-order valence-corrected chi connectivity index (χ4v) is 2.44. The van der Waals surface area contributed by atoms with Gasteiger partial charge in [0.1, 0.15) is 0 Å². The van der Waals surface area contributed by atoms with E-state index in [9.17, 15) is 13.2 Å². The van der Waals surface area contributed by atoms with Crippen molar-refractivity contribution in [2.24, 2.45) is 5.92 Å². The second-order valence-electron chi connectivity index (χ2n) is 5.44. The lowest BCUT2D eigenvalue weighted by atomic mass is 10.0. The van der Waals surface area contributed by atoms with Crippen molar-refractivity contribution in [3.05, 3.63) is 0 Å². The first-order valence-electron chi connectivity index (χ1n) is 6.32. The molecule has 1 N–H and O–H groups in total. The Balaban J connectivity index is 2.43. The average molecular weight is 252 g/mol. The Kier molecular flexibility index (Phi) is 5.25. The molecule has 1 aliphatic rings. The smallest absolute Gasteiger partial charge is 0.311 e. The van der Waals surface area contributed by atoms with Crippen molar-refractivity contribution in [3.8, 4) is 0 Å². The van der Waals surface area contributed by atoms with Crippen LogP contribution in [-0.2, 0) is 0 Å². The second kappa shape index (κ2) is 6.05. The number of halogens is 3. The number of rotatable bonds is 4. The van der Waals surface area contributed by atoms with Crippen molar-refractivity contribution in [2.45, 2.75) is 51.9 Å². The first-order chi connectivity index (χ1) is 7.78. The molecular weight excluding hydrogens is 229 g/mol. The Morgan fingerprint density at radius 2 is 1.94 bits per heavy atom. The van der Waals surface area contributed by atoms with Gasteiger partial charge < -0.3 is 5.32 Å². The Hall–Kier alpha value is -0.290. The van der Waals surface area contributed by atoms with Crippen LogP contribution in [0.2, 0.25) is 0 Å². The molecule has 0 bridgehead atoms. The van der Waals surface area contributed by atoms with Gasteiger partial charge in [0.25, 0.3) is 0 Å². The van der Waals surface area contributed by atoms with E-state index in [2.05, 4.69) is 19.2 Å². The van der Waals surface area contributed by atoms with Crippen molar-refractivity contribution in [1.82, 2.24) is 10.2 Å². The zero-order chi connectivity index (χ0) is 13.1. The summed E-state index contributed by atoms with van der Waals surface area (Å²) in [5.41, 5.74) is 0. The number of nitrogens with one attached hydrogen (secondary N) is 1. The third-order valence-electron chi connectivity index (χ3n) is 3.19. The van der Waals surface area contributed by atoms with E-state index in [0.717, 1.165) is 19.5 Å². The highest BCUT2D eigenvalue weighted by atomic mass is 19.4. The van der Waals surface area contributed by atoms with E-state index >= 15 is 0 Å². The summed E-state index contributed by atoms with van der Waals surface area (Å²) in [6.45, 7) is 8.19. The number of hydrogen-bond acceptors (Lipinski definition) is 2. The van der Waals surface area contributed by atoms with Crippen LogP contribution in [0, 0.1) is 5.92 Å². The third-order valence-corrected chi connectivity index (χ3v) is 3.19. The molecule has 0 amide bonds. The van der Waals surface area contributed by atoms with E-state index in [1.54, 1.807) is 6.92 Å². The molecule has 1 heterocycles. The summed E-state index contributed by atoms with van der Waals surface area (Å²) in [7, 11) is 0. The predicted octanol–water partition coefficient (Wildman–Crippen LogP) is 2.65. The molecule has 2 unspecified atom stereocenters. The summed E-state index contributed by atoms with van der Waals surface area (Å²) in [6.07, 6.45) is -3.74. The number of hydrogen-bond donors (Lipinski definition) is 1. The van der Waals surface area contributed by atoms with Crippen LogP contribution in [0.25, 0.3) is 0 Å². The van der Waals surface area contributed by atoms with Crippen LogP contribution < -0.4 is 5.32 Å². The summed E-state index contributed by atoms with van der Waals surface area (Å²) in [4.78, 5) is 1.96. The van der Waals surface area contributed by atoms with Crippen molar-refractivity contribution in [2.75, 3.05) is 19.6 Å². The lowest BCUT2D eigenvalue weighted by Gasteiger charge is -2.38. The zero-order valence-electron chi connectivity index (χ0n) is 10.8. The van der Waals surface area contributed by atoms with E-state index < -0.39 is 18.6 Å². The van der Waals surface area contributed by atoms with Crippen molar-refractivity contribution in [3.63, 3.8) is 0 Å². The van der Waals surface area contributed by atoms with E-state index in [4.69, 9.17) is 0 Å². The maximum absolute atomic E-state index is 12.3. The summed E-state index contributed by atoms with van der Waals surface area (Å²) in [6, 6.07) is -0.0776. The SMILES string of the molecule is CC(C)CC1CN(C(C)CC(F)(F)F)CCN1. The number of piperazine rings is 1. The molecule has 1 saturated heterocycles. The average Bonchev–Trinajstić information content (AvgIpc) is 2.14. The van der Waals surface area contributed by atoms with Gasteiger partial charge in [-0.2, -0.15) is 13.2 Å². The van der Waals surface area contributed by atoms with Crippen LogP contribution >= 0.6 is 0 Å². The highest BCUT2D eigenvalue weighted by Crippen LogP contribution is 2.24. The molecule has 0 radical (unpaired) electrons. The van der Waals surface area contributed by atoms with Crippen LogP contribution in [-0.4, -0.2) is 42.8 Å². The Morgan fingerprint density at radius 1 is 1.29 bits per heavy atom. The van der Waals surface area contributed by atoms with Gasteiger partial charge in [-0.3, -0.25) is 4.90 Å². The molecule has 0 saturated carbocycles. The van der Waals surface area contributed by atoms with Gasteiger partial charge in [-0.25, -0.2) is 0 Å². The molecule has 0 aliphatic carbocycles. The van der Waals surface area contributed by atoms with Gasteiger partial charge >= 0.3 is 6.18 Å². The molecule has 102 valence electrons. The first kappa shape index (κ1) is 14.8. The molecule has 2 atom stereocenters. The summed E-state index contributed by atoms with van der Waals surface area (Å²) in [5, 5.41) is 3.38. The Morgan fingerprint density at radius 3 is 2.47 bits per heavy atom. The monoisotopic (exact) mass is 252 g/mol. The molecule has 1 rings (SSSR count). The minimum atomic E-state index is -4.06. The van der Waals surface area contributed by atoms with E-state index in [0.29, 0.717) is 18.5 Å². The fourth-order valence-electron chi connectivity index (χ4n) is 2.44. The molecule has 0 aromatic heterocycles. The van der Waals surface area contributed by atoms with Crippen LogP contribution in [0.3, 0.4) is 0 Å². The maximum atomic E-state index is 12.3. The molecule has 17 heavy (non-hydrogen) atoms. The third kappa shape index (κ3) is 5.73. The topological polar surface area (TPSA) is 15.3 Å². The lowest BCUT2D eigenvalue weighted by Crippen LogP contribution is -2.54. The van der Waals surface area contributed by atoms with Crippen LogP contribution in [0.1, 0.15) is 33.6 Å². The van der Waals surface area contributed by atoms with Gasteiger partial charge in [0, 0.05) is 31.7 Å². The maximum Gasteiger partial charge on any atom is 0.390 e. The number of alkyl halides is 3. The molecule has 1 fully saturated rings. The second-order valence-corrected chi connectivity index (χ2v) is 5.44. The summed E-state index contributed by atoms with van der Waals surface area (Å²) < 4.78 is 37.0. The highest BCUT2D eigenvalue weighted by molar-refractivity contribution is 4.83. The largest absolute Gasteiger partial charge is 0.390 e. The van der Waals surface area contributed by atoms with Crippen LogP contribution in [0.4, 0.5) is 13.2 Å². The number of nitrogens with zero attached hydrogens (tertiary/aromatic N) is 1. The van der Waals surface area contributed by atoms with E-state index in [1.807, 2.05) is 4.90 Å². The minimum absolute atomic E-state index is 0.333. The van der Waals surface area contributed by atoms with Gasteiger partial charge in [-0.05, 0) is 19.3 Å². The van der Waals surface area contributed by atoms with Crippen LogP contribution in [0.15, 0.2) is 0 Å². The molecular formula is C12H23F3N2. The Labute approximate surface area is 102 Å². The standard InChI is InChI=1S/C12H23F3N2/c1-9(2)6-11-8-17(5-4-16-11)10(3)7-12(13,14)15/h9-11,16H,4-8H2,1-3H3. The van der Waals surface area contributed by atoms with Gasteiger partial charge in [0.15, 0.2) is 0 Å². The first-order valence-corrected chi connectivity index (χ1v) is 6.32. The molecule has 1 aliphatic heterocycles. The lowest BCUT2D eigenvalue weighted by molar-refractivity contribution is -0.147. The van der Waals surface area contributed by atoms with Crippen molar-refractivity contribution < 1.29 is 13.2 Å². The van der Waals surface area contributed by atoms with E-state index in [-0.39, 0.29) is 0 Å². The Bertz CT molecular complexity index is 228. The van der Waals surface area contributed by atoms with Gasteiger partial charge in [0.05, 0.1) is 6.42 Å². The fraction of sp³-hybridized carbons (Fsp3) is 1.00. The minimum Gasteiger partial charge on any atom is -0.311 e. The van der Waals surface area contributed by atoms with Gasteiger partial charge in [-0.1, -0.05) is 13.8 Å². The zero-order valence-corrected chi connectivity index (χ0v) is 10.8. The van der Waals surface area contributed by atoms with Gasteiger partial charge in [0.2, 0.25) is 0 Å². The van der Waals surface area contributed by atoms with E-state index in [1.165, 1.54) is 0 Å². The normalized spacial score (nSPS) is 25.2. The molecule has 0 aromatic rings. The molecule has 0 spiro atoms. The van der Waals surface area contributed by atoms with Crippen molar-refractivity contribution >= 4 is 0 Å². The van der Waals surface area contributed by atoms with Crippen LogP contribution in [0.5, 0.6) is 0 Å². The predicted molar refractivity (Wildman–Crippen MR) is 63.0 cm³/mol. The highest BCUT2D eigenvalue weighted by Gasteiger charge is 2.33. The summed E-state index contributed by atoms with van der Waals surface area (Å²) >= 11 is 0.